The molecule has 0 atom stereocenters. The van der Waals surface area contributed by atoms with Gasteiger partial charge >= 0.3 is 6.03 Å². The van der Waals surface area contributed by atoms with E-state index >= 15 is 0 Å². The first-order chi connectivity index (χ1) is 9.58. The van der Waals surface area contributed by atoms with Gasteiger partial charge < -0.3 is 15.0 Å². The number of nitrogens with one attached hydrogen (secondary N) is 1. The largest absolute Gasteiger partial charge is 0.497 e. The summed E-state index contributed by atoms with van der Waals surface area (Å²) in [6, 6.07) is 11.1. The van der Waals surface area contributed by atoms with Gasteiger partial charge in [0.2, 0.25) is 0 Å². The summed E-state index contributed by atoms with van der Waals surface area (Å²) in [5, 5.41) is 2.84. The first kappa shape index (κ1) is 14.9. The molecule has 0 fully saturated rings. The fraction of sp³-hybridized carbons (Fsp3) is 0.214. The zero-order valence-corrected chi connectivity index (χ0v) is 13.6. The van der Waals surface area contributed by atoms with Crippen molar-refractivity contribution in [1.29, 1.82) is 0 Å². The number of hydrogen-bond donors (Lipinski definition) is 1. The Balaban J connectivity index is 1.93. The Morgan fingerprint density at radius 1 is 1.30 bits per heavy atom. The van der Waals surface area contributed by atoms with Crippen LogP contribution in [-0.2, 0) is 6.54 Å². The number of carbonyl (C=O) groups excluding carboxylic acids is 1. The molecule has 2 rings (SSSR count). The Hall–Kier alpha value is -1.53. The highest BCUT2D eigenvalue weighted by atomic mass is 79.9. The summed E-state index contributed by atoms with van der Waals surface area (Å²) in [5.41, 5.74) is 0.745. The molecule has 0 aliphatic carbocycles. The molecule has 0 aliphatic rings. The van der Waals surface area contributed by atoms with E-state index in [2.05, 4.69) is 21.2 Å². The Bertz CT molecular complexity index is 583. The van der Waals surface area contributed by atoms with E-state index in [4.69, 9.17) is 4.74 Å². The SMILES string of the molecule is COc1ccc(NC(=O)N(C)Cc2ccc(Br)s2)cc1. The number of nitrogens with zero attached hydrogens (tertiary/aromatic N) is 1. The molecule has 1 aromatic heterocycles. The van der Waals surface area contributed by atoms with Gasteiger partial charge in [-0.15, -0.1) is 11.3 Å². The lowest BCUT2D eigenvalue weighted by molar-refractivity contribution is 0.221. The van der Waals surface area contributed by atoms with E-state index in [0.717, 1.165) is 20.1 Å². The average molecular weight is 355 g/mol. The monoisotopic (exact) mass is 354 g/mol. The summed E-state index contributed by atoms with van der Waals surface area (Å²) in [5.74, 6) is 0.764. The van der Waals surface area contributed by atoms with Crippen LogP contribution in [0.5, 0.6) is 5.75 Å². The van der Waals surface area contributed by atoms with Crippen LogP contribution in [-0.4, -0.2) is 25.1 Å². The van der Waals surface area contributed by atoms with Gasteiger partial charge in [0, 0.05) is 17.6 Å². The van der Waals surface area contributed by atoms with E-state index in [-0.39, 0.29) is 6.03 Å². The number of carbonyl (C=O) groups is 1. The van der Waals surface area contributed by atoms with E-state index in [1.54, 1.807) is 30.4 Å². The van der Waals surface area contributed by atoms with Crippen molar-refractivity contribution in [3.8, 4) is 5.75 Å². The molecule has 0 saturated heterocycles. The summed E-state index contributed by atoms with van der Waals surface area (Å²) in [6.45, 7) is 0.582. The molecule has 0 radical (unpaired) electrons. The van der Waals surface area contributed by atoms with Gasteiger partial charge in [-0.25, -0.2) is 4.79 Å². The second kappa shape index (κ2) is 6.76. The quantitative estimate of drug-likeness (QED) is 0.894. The van der Waals surface area contributed by atoms with Crippen LogP contribution < -0.4 is 10.1 Å². The molecule has 0 saturated carbocycles. The molecule has 106 valence electrons. The van der Waals surface area contributed by atoms with Crippen LogP contribution in [0, 0.1) is 0 Å². The minimum Gasteiger partial charge on any atom is -0.497 e. The number of halogens is 1. The van der Waals surface area contributed by atoms with Gasteiger partial charge in [0.1, 0.15) is 5.75 Å². The molecule has 4 nitrogen and oxygen atoms in total. The zero-order chi connectivity index (χ0) is 14.5. The number of benzene rings is 1. The van der Waals surface area contributed by atoms with Crippen molar-refractivity contribution >= 4 is 39.0 Å². The minimum absolute atomic E-state index is 0.139. The highest BCUT2D eigenvalue weighted by Crippen LogP contribution is 2.23. The molecule has 0 bridgehead atoms. The van der Waals surface area contributed by atoms with E-state index in [0.29, 0.717) is 6.54 Å². The van der Waals surface area contributed by atoms with Crippen LogP contribution in [0.2, 0.25) is 0 Å². The van der Waals surface area contributed by atoms with Crippen LogP contribution in [0.15, 0.2) is 40.2 Å². The average Bonchev–Trinajstić information content (AvgIpc) is 2.85. The van der Waals surface area contributed by atoms with E-state index in [1.807, 2.05) is 36.4 Å². The maximum Gasteiger partial charge on any atom is 0.321 e. The van der Waals surface area contributed by atoms with Crippen molar-refractivity contribution in [2.75, 3.05) is 19.5 Å². The summed E-state index contributed by atoms with van der Waals surface area (Å²) in [6.07, 6.45) is 0. The predicted molar refractivity (Wildman–Crippen MR) is 85.5 cm³/mol. The van der Waals surface area contributed by atoms with E-state index < -0.39 is 0 Å². The van der Waals surface area contributed by atoms with E-state index in [9.17, 15) is 4.79 Å². The molecule has 1 heterocycles. The molecule has 2 aromatic rings. The topological polar surface area (TPSA) is 41.6 Å². The van der Waals surface area contributed by atoms with Crippen molar-refractivity contribution in [2.24, 2.45) is 0 Å². The van der Waals surface area contributed by atoms with Gasteiger partial charge in [-0.2, -0.15) is 0 Å². The third-order valence-electron chi connectivity index (χ3n) is 2.71. The summed E-state index contributed by atoms with van der Waals surface area (Å²) in [7, 11) is 3.38. The normalized spacial score (nSPS) is 10.2. The van der Waals surface area contributed by atoms with Gasteiger partial charge in [0.25, 0.3) is 0 Å². The van der Waals surface area contributed by atoms with Crippen molar-refractivity contribution in [1.82, 2.24) is 4.90 Å². The maximum atomic E-state index is 12.1. The smallest absolute Gasteiger partial charge is 0.321 e. The molecule has 1 N–H and O–H groups in total. The third-order valence-corrected chi connectivity index (χ3v) is 4.32. The maximum absolute atomic E-state index is 12.1. The highest BCUT2D eigenvalue weighted by molar-refractivity contribution is 9.11. The number of urea groups is 1. The Morgan fingerprint density at radius 3 is 2.55 bits per heavy atom. The molecular formula is C14H15BrN2O2S. The Morgan fingerprint density at radius 2 is 2.00 bits per heavy atom. The Kier molecular flexibility index (Phi) is 5.03. The van der Waals surface area contributed by atoms with Crippen molar-refractivity contribution in [3.05, 3.63) is 45.1 Å². The first-order valence-electron chi connectivity index (χ1n) is 5.99. The second-order valence-electron chi connectivity index (χ2n) is 4.22. The van der Waals surface area contributed by atoms with Crippen LogP contribution in [0.1, 0.15) is 4.88 Å². The fourth-order valence-electron chi connectivity index (χ4n) is 1.64. The van der Waals surface area contributed by atoms with Gasteiger partial charge in [-0.3, -0.25) is 0 Å². The first-order valence-corrected chi connectivity index (χ1v) is 7.60. The predicted octanol–water partition coefficient (Wildman–Crippen LogP) is 4.18. The molecular weight excluding hydrogens is 340 g/mol. The van der Waals surface area contributed by atoms with Crippen molar-refractivity contribution in [2.45, 2.75) is 6.54 Å². The van der Waals surface area contributed by atoms with Gasteiger partial charge in [-0.05, 0) is 52.3 Å². The van der Waals surface area contributed by atoms with Gasteiger partial charge in [0.05, 0.1) is 17.4 Å². The highest BCUT2D eigenvalue weighted by Gasteiger charge is 2.10. The lowest BCUT2D eigenvalue weighted by atomic mass is 10.3. The van der Waals surface area contributed by atoms with Gasteiger partial charge in [-0.1, -0.05) is 0 Å². The number of hydrogen-bond acceptors (Lipinski definition) is 3. The molecule has 0 aliphatic heterocycles. The van der Waals surface area contributed by atoms with Crippen molar-refractivity contribution < 1.29 is 9.53 Å². The fourth-order valence-corrected chi connectivity index (χ4v) is 3.17. The zero-order valence-electron chi connectivity index (χ0n) is 11.2. The molecule has 1 aromatic carbocycles. The number of anilines is 1. The molecule has 6 heteroatoms. The third kappa shape index (κ3) is 3.98. The molecule has 0 spiro atoms. The number of thiophene rings is 1. The lowest BCUT2D eigenvalue weighted by Crippen LogP contribution is -2.30. The second-order valence-corrected chi connectivity index (χ2v) is 6.77. The molecule has 20 heavy (non-hydrogen) atoms. The lowest BCUT2D eigenvalue weighted by Gasteiger charge is -2.17. The number of ether oxygens (including phenoxy) is 1. The van der Waals surface area contributed by atoms with Crippen LogP contribution >= 0.6 is 27.3 Å². The van der Waals surface area contributed by atoms with E-state index in [1.165, 1.54) is 0 Å². The van der Waals surface area contributed by atoms with Gasteiger partial charge in [0.15, 0.2) is 0 Å². The summed E-state index contributed by atoms with van der Waals surface area (Å²) in [4.78, 5) is 14.8. The van der Waals surface area contributed by atoms with Crippen LogP contribution in [0.3, 0.4) is 0 Å². The molecule has 2 amide bonds. The van der Waals surface area contributed by atoms with Crippen LogP contribution in [0.25, 0.3) is 0 Å². The number of amides is 2. The number of methoxy groups -OCH3 is 1. The number of rotatable bonds is 4. The molecule has 0 unspecified atom stereocenters. The summed E-state index contributed by atoms with van der Waals surface area (Å²) >= 11 is 5.04. The van der Waals surface area contributed by atoms with Crippen LogP contribution in [0.4, 0.5) is 10.5 Å². The Labute approximate surface area is 130 Å². The minimum atomic E-state index is -0.139. The summed E-state index contributed by atoms with van der Waals surface area (Å²) < 4.78 is 6.14. The standard InChI is InChI=1S/C14H15BrN2O2S/c1-17(9-12-7-8-13(15)20-12)14(18)16-10-3-5-11(19-2)6-4-10/h3-8H,9H2,1-2H3,(H,16,18). The van der Waals surface area contributed by atoms with Crippen molar-refractivity contribution in [3.63, 3.8) is 0 Å².